The minimum Gasteiger partial charge on any atom is -0.394 e. The van der Waals surface area contributed by atoms with Crippen molar-refractivity contribution in [3.8, 4) is 0 Å². The van der Waals surface area contributed by atoms with Crippen molar-refractivity contribution in [2.24, 2.45) is 0 Å². The molecule has 0 bridgehead atoms. The van der Waals surface area contributed by atoms with Crippen LogP contribution in [0.1, 0.15) is 5.56 Å². The van der Waals surface area contributed by atoms with Crippen molar-refractivity contribution >= 4 is 0 Å². The fraction of sp³-hybridized carbons (Fsp3) is 0.538. The van der Waals surface area contributed by atoms with E-state index in [2.05, 4.69) is 0 Å². The first-order valence-corrected chi connectivity index (χ1v) is 6.09. The van der Waals surface area contributed by atoms with Gasteiger partial charge in [0.25, 0.3) is 0 Å². The van der Waals surface area contributed by atoms with Gasteiger partial charge in [0.2, 0.25) is 0 Å². The first-order chi connectivity index (χ1) is 9.13. The van der Waals surface area contributed by atoms with E-state index in [0.717, 1.165) is 5.56 Å². The first-order valence-electron chi connectivity index (χ1n) is 6.09. The molecule has 0 saturated carbocycles. The maximum Gasteiger partial charge on any atom is 0.187 e. The van der Waals surface area contributed by atoms with Crippen LogP contribution in [0.3, 0.4) is 0 Å². The summed E-state index contributed by atoms with van der Waals surface area (Å²) in [5.74, 6) is 0. The zero-order valence-corrected chi connectivity index (χ0v) is 10.3. The van der Waals surface area contributed by atoms with E-state index >= 15 is 0 Å². The molecule has 106 valence electrons. The number of ether oxygens (including phenoxy) is 2. The molecule has 19 heavy (non-hydrogen) atoms. The molecular formula is C13H18O6. The fourth-order valence-electron chi connectivity index (χ4n) is 1.96. The summed E-state index contributed by atoms with van der Waals surface area (Å²) < 4.78 is 10.6. The molecule has 1 aliphatic heterocycles. The number of rotatable bonds is 4. The standard InChI is InChI=1S/C13H18O6/c14-6-9-10(15)11(16)12(17)13(19-9)18-7-8-4-2-1-3-5-8/h1-5,9-17H,6-7H2/t9?,10?,11?,12?,13-/m1/s1. The zero-order chi connectivity index (χ0) is 13.8. The predicted molar refractivity (Wildman–Crippen MR) is 65.0 cm³/mol. The number of hydrogen-bond acceptors (Lipinski definition) is 6. The van der Waals surface area contributed by atoms with Crippen molar-refractivity contribution in [2.45, 2.75) is 37.3 Å². The Labute approximate surface area is 110 Å². The van der Waals surface area contributed by atoms with E-state index in [9.17, 15) is 15.3 Å². The number of aliphatic hydroxyl groups is 4. The Hall–Kier alpha value is -1.02. The lowest BCUT2D eigenvalue weighted by Gasteiger charge is -2.39. The molecule has 1 fully saturated rings. The van der Waals surface area contributed by atoms with Crippen molar-refractivity contribution < 1.29 is 29.9 Å². The maximum absolute atomic E-state index is 9.76. The second-order valence-corrected chi connectivity index (χ2v) is 4.49. The molecular weight excluding hydrogens is 252 g/mol. The van der Waals surface area contributed by atoms with Gasteiger partial charge in [-0.25, -0.2) is 0 Å². The third-order valence-electron chi connectivity index (χ3n) is 3.11. The minimum absolute atomic E-state index is 0.198. The van der Waals surface area contributed by atoms with Gasteiger partial charge in [0, 0.05) is 0 Å². The van der Waals surface area contributed by atoms with Crippen LogP contribution in [-0.2, 0) is 16.1 Å². The number of aliphatic hydroxyl groups excluding tert-OH is 4. The molecule has 0 radical (unpaired) electrons. The van der Waals surface area contributed by atoms with Gasteiger partial charge in [-0.05, 0) is 5.56 Å². The van der Waals surface area contributed by atoms with Gasteiger partial charge in [0.1, 0.15) is 24.4 Å². The second kappa shape index (κ2) is 6.42. The lowest BCUT2D eigenvalue weighted by atomic mass is 9.99. The van der Waals surface area contributed by atoms with Crippen LogP contribution in [0, 0.1) is 0 Å². The molecule has 1 heterocycles. The Morgan fingerprint density at radius 3 is 2.32 bits per heavy atom. The summed E-state index contributed by atoms with van der Waals surface area (Å²) >= 11 is 0. The van der Waals surface area contributed by atoms with E-state index in [-0.39, 0.29) is 6.61 Å². The van der Waals surface area contributed by atoms with Gasteiger partial charge < -0.3 is 29.9 Å². The van der Waals surface area contributed by atoms with Crippen molar-refractivity contribution in [1.29, 1.82) is 0 Å². The van der Waals surface area contributed by atoms with Gasteiger partial charge in [-0.15, -0.1) is 0 Å². The highest BCUT2D eigenvalue weighted by molar-refractivity contribution is 5.13. The Balaban J connectivity index is 1.95. The van der Waals surface area contributed by atoms with Crippen molar-refractivity contribution in [2.75, 3.05) is 6.61 Å². The number of benzene rings is 1. The minimum atomic E-state index is -1.41. The van der Waals surface area contributed by atoms with E-state index in [1.54, 1.807) is 0 Å². The van der Waals surface area contributed by atoms with Crippen LogP contribution in [0.15, 0.2) is 30.3 Å². The normalized spacial score (nSPS) is 35.3. The van der Waals surface area contributed by atoms with Crippen LogP contribution in [0.4, 0.5) is 0 Å². The molecule has 1 aromatic rings. The molecule has 0 amide bonds. The van der Waals surface area contributed by atoms with E-state index < -0.39 is 37.3 Å². The Kier molecular flexibility index (Phi) is 4.87. The van der Waals surface area contributed by atoms with Gasteiger partial charge in [-0.3, -0.25) is 0 Å². The van der Waals surface area contributed by atoms with Crippen LogP contribution in [0.5, 0.6) is 0 Å². The molecule has 4 N–H and O–H groups in total. The smallest absolute Gasteiger partial charge is 0.187 e. The van der Waals surface area contributed by atoms with Crippen LogP contribution in [-0.4, -0.2) is 57.7 Å². The Bertz CT molecular complexity index is 382. The zero-order valence-electron chi connectivity index (χ0n) is 10.3. The summed E-state index contributed by atoms with van der Waals surface area (Å²) in [5, 5.41) is 38.0. The molecule has 6 nitrogen and oxygen atoms in total. The Morgan fingerprint density at radius 1 is 1.00 bits per heavy atom. The second-order valence-electron chi connectivity index (χ2n) is 4.49. The highest BCUT2D eigenvalue weighted by atomic mass is 16.7. The van der Waals surface area contributed by atoms with Gasteiger partial charge in [-0.2, -0.15) is 0 Å². The van der Waals surface area contributed by atoms with Crippen LogP contribution in [0.2, 0.25) is 0 Å². The molecule has 2 rings (SSSR count). The third kappa shape index (κ3) is 3.30. The van der Waals surface area contributed by atoms with Crippen LogP contribution in [0.25, 0.3) is 0 Å². The average Bonchev–Trinajstić information content (AvgIpc) is 2.45. The van der Waals surface area contributed by atoms with Crippen LogP contribution >= 0.6 is 0 Å². The average molecular weight is 270 g/mol. The molecule has 1 saturated heterocycles. The van der Waals surface area contributed by atoms with E-state index in [4.69, 9.17) is 14.6 Å². The van der Waals surface area contributed by atoms with E-state index in [1.165, 1.54) is 0 Å². The molecule has 5 atom stereocenters. The molecule has 4 unspecified atom stereocenters. The fourth-order valence-corrected chi connectivity index (χ4v) is 1.96. The lowest BCUT2D eigenvalue weighted by molar-refractivity contribution is -0.304. The van der Waals surface area contributed by atoms with Gasteiger partial charge in [0.05, 0.1) is 13.2 Å². The van der Waals surface area contributed by atoms with Crippen molar-refractivity contribution in [3.63, 3.8) is 0 Å². The maximum atomic E-state index is 9.76. The molecule has 1 aromatic carbocycles. The summed E-state index contributed by atoms with van der Waals surface area (Å²) in [6.07, 6.45) is -6.17. The third-order valence-corrected chi connectivity index (χ3v) is 3.11. The Morgan fingerprint density at radius 2 is 1.68 bits per heavy atom. The molecule has 0 spiro atoms. The predicted octanol–water partition coefficient (Wildman–Crippen LogP) is -0.997. The van der Waals surface area contributed by atoms with E-state index in [1.807, 2.05) is 30.3 Å². The topological polar surface area (TPSA) is 99.4 Å². The lowest BCUT2D eigenvalue weighted by Crippen LogP contribution is -2.59. The van der Waals surface area contributed by atoms with Crippen LogP contribution < -0.4 is 0 Å². The monoisotopic (exact) mass is 270 g/mol. The first kappa shape index (κ1) is 14.4. The highest BCUT2D eigenvalue weighted by Crippen LogP contribution is 2.22. The quantitative estimate of drug-likeness (QED) is 0.560. The van der Waals surface area contributed by atoms with E-state index in [0.29, 0.717) is 0 Å². The summed E-state index contributed by atoms with van der Waals surface area (Å²) in [4.78, 5) is 0. The molecule has 0 aromatic heterocycles. The molecule has 1 aliphatic rings. The van der Waals surface area contributed by atoms with Crippen molar-refractivity contribution in [1.82, 2.24) is 0 Å². The summed E-state index contributed by atoms with van der Waals surface area (Å²) in [7, 11) is 0. The summed E-state index contributed by atoms with van der Waals surface area (Å²) in [5.41, 5.74) is 0.888. The molecule has 6 heteroatoms. The van der Waals surface area contributed by atoms with Gasteiger partial charge >= 0.3 is 0 Å². The summed E-state index contributed by atoms with van der Waals surface area (Å²) in [6, 6.07) is 9.28. The SMILES string of the molecule is OCC1O[C@@H](OCc2ccccc2)C(O)C(O)C1O. The molecule has 0 aliphatic carbocycles. The highest BCUT2D eigenvalue weighted by Gasteiger charge is 2.43. The van der Waals surface area contributed by atoms with Gasteiger partial charge in [0.15, 0.2) is 6.29 Å². The largest absolute Gasteiger partial charge is 0.394 e. The number of hydrogen-bond donors (Lipinski definition) is 4. The van der Waals surface area contributed by atoms with Crippen molar-refractivity contribution in [3.05, 3.63) is 35.9 Å². The summed E-state index contributed by atoms with van der Waals surface area (Å²) in [6.45, 7) is -0.264. The van der Waals surface area contributed by atoms with Gasteiger partial charge in [-0.1, -0.05) is 30.3 Å².